The molecule has 0 radical (unpaired) electrons. The first kappa shape index (κ1) is 23.8. The van der Waals surface area contributed by atoms with Gasteiger partial charge in [0.15, 0.2) is 10.8 Å². The molecule has 5 unspecified atom stereocenters. The van der Waals surface area contributed by atoms with Gasteiger partial charge in [0.2, 0.25) is 0 Å². The number of nitrogen functional groups attached to an aromatic ring is 1. The summed E-state index contributed by atoms with van der Waals surface area (Å²) in [6, 6.07) is 2.89. The van der Waals surface area contributed by atoms with Crippen molar-refractivity contribution in [2.75, 3.05) is 18.9 Å². The van der Waals surface area contributed by atoms with E-state index in [4.69, 9.17) is 26.8 Å². The Bertz CT molecular complexity index is 1150. The fourth-order valence-corrected chi connectivity index (χ4v) is 5.50. The Kier molecular flexibility index (Phi) is 7.45. The van der Waals surface area contributed by atoms with Gasteiger partial charge < -0.3 is 25.4 Å². The molecule has 4 N–H and O–H groups in total. The van der Waals surface area contributed by atoms with Crippen molar-refractivity contribution in [1.82, 2.24) is 25.0 Å². The van der Waals surface area contributed by atoms with Gasteiger partial charge in [-0.25, -0.2) is 14.6 Å². The summed E-state index contributed by atoms with van der Waals surface area (Å²) in [6.07, 6.45) is 0.239. The molecule has 3 aromatic rings. The van der Waals surface area contributed by atoms with E-state index in [2.05, 4.69) is 20.3 Å². The number of hydrogen-bond donors (Lipinski definition) is 3. The highest BCUT2D eigenvalue weighted by molar-refractivity contribution is 7.99. The van der Waals surface area contributed by atoms with E-state index < -0.39 is 36.4 Å². The molecule has 0 saturated carbocycles. The van der Waals surface area contributed by atoms with Crippen LogP contribution in [0.25, 0.3) is 11.4 Å². The smallest absolute Gasteiger partial charge is 0.180 e. The van der Waals surface area contributed by atoms with Crippen LogP contribution in [0.3, 0.4) is 0 Å². The molecule has 3 aromatic heterocycles. The Balaban J connectivity index is 1.70. The molecule has 4 rings (SSSR count). The minimum absolute atomic E-state index is 0.177. The number of hydrogen-bond acceptors (Lipinski definition) is 12. The Morgan fingerprint density at radius 1 is 1.45 bits per heavy atom. The van der Waals surface area contributed by atoms with Gasteiger partial charge in [-0.3, -0.25) is 0 Å². The summed E-state index contributed by atoms with van der Waals surface area (Å²) < 4.78 is 13.4. The molecule has 1 saturated heterocycles. The molecule has 0 aromatic carbocycles. The SMILES string of the molecule is CCOC1C(Sc2cc(Cl)cnc2C#N)OC(CO)C(O)C1n1cc(-c2csc(N)n2)nn1. The highest BCUT2D eigenvalue weighted by Gasteiger charge is 2.48. The third-order valence-corrected chi connectivity index (χ3v) is 7.01. The lowest BCUT2D eigenvalue weighted by Crippen LogP contribution is -2.55. The van der Waals surface area contributed by atoms with Crippen LogP contribution in [0.4, 0.5) is 5.13 Å². The molecule has 0 bridgehead atoms. The summed E-state index contributed by atoms with van der Waals surface area (Å²) in [5.74, 6) is 0. The van der Waals surface area contributed by atoms with E-state index in [1.165, 1.54) is 34.0 Å². The van der Waals surface area contributed by atoms with E-state index in [1.807, 2.05) is 13.0 Å². The summed E-state index contributed by atoms with van der Waals surface area (Å²) >= 11 is 8.54. The van der Waals surface area contributed by atoms with Gasteiger partial charge in [-0.2, -0.15) is 5.26 Å². The van der Waals surface area contributed by atoms with Crippen LogP contribution in [0.5, 0.6) is 0 Å². The first-order valence-electron chi connectivity index (χ1n) is 9.86. The third-order valence-electron chi connectivity index (χ3n) is 4.95. The van der Waals surface area contributed by atoms with Crippen molar-refractivity contribution in [3.8, 4) is 17.5 Å². The van der Waals surface area contributed by atoms with Crippen molar-refractivity contribution in [1.29, 1.82) is 5.26 Å². The number of halogens is 1. The maximum atomic E-state index is 11.0. The van der Waals surface area contributed by atoms with E-state index in [0.29, 0.717) is 33.0 Å². The lowest BCUT2D eigenvalue weighted by Gasteiger charge is -2.43. The second-order valence-corrected chi connectivity index (χ2v) is 9.48. The van der Waals surface area contributed by atoms with Gasteiger partial charge in [0.05, 0.1) is 17.8 Å². The zero-order valence-electron chi connectivity index (χ0n) is 17.3. The predicted octanol–water partition coefficient (Wildman–Crippen LogP) is 1.72. The van der Waals surface area contributed by atoms with Crippen LogP contribution in [0.2, 0.25) is 5.02 Å². The first-order chi connectivity index (χ1) is 15.9. The highest BCUT2D eigenvalue weighted by Crippen LogP contribution is 2.41. The van der Waals surface area contributed by atoms with Gasteiger partial charge in [0, 0.05) is 23.1 Å². The molecule has 0 amide bonds. The molecule has 0 spiro atoms. The van der Waals surface area contributed by atoms with E-state index in [-0.39, 0.29) is 5.69 Å². The van der Waals surface area contributed by atoms with Crippen LogP contribution < -0.4 is 5.73 Å². The van der Waals surface area contributed by atoms with Crippen LogP contribution >= 0.6 is 34.7 Å². The molecule has 174 valence electrons. The third kappa shape index (κ3) is 4.97. The number of ether oxygens (including phenoxy) is 2. The maximum Gasteiger partial charge on any atom is 0.180 e. The Morgan fingerprint density at radius 3 is 2.94 bits per heavy atom. The zero-order chi connectivity index (χ0) is 23.5. The number of nitrogens with zero attached hydrogens (tertiary/aromatic N) is 6. The average Bonchev–Trinajstić information content (AvgIpc) is 3.45. The fourth-order valence-electron chi connectivity index (χ4n) is 3.49. The minimum Gasteiger partial charge on any atom is -0.394 e. The van der Waals surface area contributed by atoms with Gasteiger partial charge >= 0.3 is 0 Å². The number of aromatic nitrogens is 5. The summed E-state index contributed by atoms with van der Waals surface area (Å²) in [6.45, 7) is 1.70. The van der Waals surface area contributed by atoms with Crippen LogP contribution in [-0.4, -0.2) is 72.1 Å². The van der Waals surface area contributed by atoms with E-state index in [9.17, 15) is 15.5 Å². The zero-order valence-corrected chi connectivity index (χ0v) is 19.7. The quantitative estimate of drug-likeness (QED) is 0.424. The molecule has 11 nitrogen and oxygen atoms in total. The molecule has 14 heteroatoms. The van der Waals surface area contributed by atoms with Crippen molar-refractivity contribution in [3.05, 3.63) is 34.6 Å². The fraction of sp³-hybridized carbons (Fsp3) is 0.421. The second kappa shape index (κ2) is 10.3. The van der Waals surface area contributed by atoms with Crippen molar-refractivity contribution in [3.63, 3.8) is 0 Å². The van der Waals surface area contributed by atoms with E-state index in [0.717, 1.165) is 0 Å². The number of anilines is 1. The number of aliphatic hydroxyl groups excluding tert-OH is 2. The monoisotopic (exact) mass is 509 g/mol. The van der Waals surface area contributed by atoms with Crippen molar-refractivity contribution in [2.24, 2.45) is 0 Å². The average molecular weight is 510 g/mol. The summed E-state index contributed by atoms with van der Waals surface area (Å²) in [7, 11) is 0. The van der Waals surface area contributed by atoms with Crippen LogP contribution in [0, 0.1) is 11.3 Å². The normalized spacial score (nSPS) is 25.1. The molecule has 4 heterocycles. The van der Waals surface area contributed by atoms with E-state index >= 15 is 0 Å². The second-order valence-electron chi connectivity index (χ2n) is 7.01. The van der Waals surface area contributed by atoms with Crippen molar-refractivity contribution < 1.29 is 19.7 Å². The van der Waals surface area contributed by atoms with Crippen LogP contribution in [0.1, 0.15) is 18.7 Å². The van der Waals surface area contributed by atoms with Crippen LogP contribution in [-0.2, 0) is 9.47 Å². The molecular weight excluding hydrogens is 490 g/mol. The maximum absolute atomic E-state index is 11.0. The predicted molar refractivity (Wildman–Crippen MR) is 122 cm³/mol. The molecule has 1 aliphatic rings. The Hall–Kier alpha value is -2.31. The van der Waals surface area contributed by atoms with E-state index in [1.54, 1.807) is 17.6 Å². The number of nitrogens with two attached hydrogens (primary N) is 1. The standard InChI is InChI=1S/C19H20ClN7O4S2/c1-2-30-17-15(27-6-11(25-26-27)12-8-32-19(22)24-12)16(29)13(7-28)31-18(17)33-14-3-9(20)5-23-10(14)4-21/h3,5-6,8,13,15-18,28-29H,2,7H2,1H3,(H2,22,24). The van der Waals surface area contributed by atoms with Crippen molar-refractivity contribution >= 4 is 39.8 Å². The van der Waals surface area contributed by atoms with Crippen molar-refractivity contribution in [2.45, 2.75) is 41.6 Å². The largest absolute Gasteiger partial charge is 0.394 e. The molecular formula is C19H20ClN7O4S2. The van der Waals surface area contributed by atoms with Gasteiger partial charge in [-0.15, -0.1) is 16.4 Å². The van der Waals surface area contributed by atoms with Gasteiger partial charge in [-0.05, 0) is 13.0 Å². The summed E-state index contributed by atoms with van der Waals surface area (Å²) in [5, 5.41) is 41.2. The van der Waals surface area contributed by atoms with Crippen LogP contribution in [0.15, 0.2) is 28.7 Å². The number of nitriles is 1. The van der Waals surface area contributed by atoms with Gasteiger partial charge in [-0.1, -0.05) is 28.6 Å². The molecule has 1 aliphatic heterocycles. The minimum atomic E-state index is -1.15. The number of thioether (sulfide) groups is 1. The highest BCUT2D eigenvalue weighted by atomic mass is 35.5. The number of rotatable bonds is 7. The number of pyridine rings is 1. The molecule has 33 heavy (non-hydrogen) atoms. The first-order valence-corrected chi connectivity index (χ1v) is 12.0. The van der Waals surface area contributed by atoms with Gasteiger partial charge in [0.1, 0.15) is 47.2 Å². The number of aliphatic hydroxyl groups is 2. The number of thiazole rings is 1. The topological polar surface area (TPSA) is 165 Å². The summed E-state index contributed by atoms with van der Waals surface area (Å²) in [5.41, 5.74) is 6.22. The Morgan fingerprint density at radius 2 is 2.27 bits per heavy atom. The summed E-state index contributed by atoms with van der Waals surface area (Å²) in [4.78, 5) is 8.75. The Labute approximate surface area is 202 Å². The lowest BCUT2D eigenvalue weighted by molar-refractivity contribution is -0.191. The lowest BCUT2D eigenvalue weighted by atomic mass is 9.97. The molecule has 0 aliphatic carbocycles. The molecule has 1 fully saturated rings. The van der Waals surface area contributed by atoms with Gasteiger partial charge in [0.25, 0.3) is 0 Å². The molecule has 5 atom stereocenters.